The van der Waals surface area contributed by atoms with Crippen molar-refractivity contribution in [3.05, 3.63) is 182 Å². The third-order valence-corrected chi connectivity index (χ3v) is 12.5. The Morgan fingerprint density at radius 1 is 0.469 bits per heavy atom. The molecule has 0 nitrogen and oxygen atoms in total. The quantitative estimate of drug-likeness (QED) is 0.114. The summed E-state index contributed by atoms with van der Waals surface area (Å²) >= 11 is 3.73. The highest BCUT2D eigenvalue weighted by molar-refractivity contribution is 7.19. The maximum Gasteiger partial charge on any atom is 0.0349 e. The fourth-order valence-corrected chi connectivity index (χ4v) is 9.04. The van der Waals surface area contributed by atoms with Crippen molar-refractivity contribution in [2.75, 3.05) is 0 Å². The fraction of sp³-hybridized carbons (Fsp3) is 0.149. The van der Waals surface area contributed by atoms with Crippen molar-refractivity contribution in [3.8, 4) is 52.9 Å². The topological polar surface area (TPSA) is 0 Å². The molecule has 2 heterocycles. The van der Waals surface area contributed by atoms with Crippen LogP contribution in [-0.2, 0) is 18.3 Å². The summed E-state index contributed by atoms with van der Waals surface area (Å²) in [4.78, 5) is 5.18. The van der Waals surface area contributed by atoms with Crippen LogP contribution in [0.25, 0.3) is 52.9 Å². The SMILES string of the molecule is C=CC(C=C)Cc1ccc(-c2ccc(-c3ccc4c(c3)C(C)(C)c3cc(-c5ccc(-c6ccc(CC(C=C)C=C)cc6)s5)ccc3-4)s2)cc1. The monoisotopic (exact) mass is 670 g/mol. The lowest BCUT2D eigenvalue weighted by Gasteiger charge is -2.22. The molecule has 0 spiro atoms. The Bertz CT molecular complexity index is 1990. The first kappa shape index (κ1) is 32.8. The van der Waals surface area contributed by atoms with Gasteiger partial charge < -0.3 is 0 Å². The number of hydrogen-bond donors (Lipinski definition) is 0. The van der Waals surface area contributed by atoms with Gasteiger partial charge in [0.15, 0.2) is 0 Å². The van der Waals surface area contributed by atoms with Gasteiger partial charge in [-0.2, -0.15) is 0 Å². The summed E-state index contributed by atoms with van der Waals surface area (Å²) in [6, 6.07) is 41.1. The highest BCUT2D eigenvalue weighted by atomic mass is 32.1. The molecule has 0 N–H and O–H groups in total. The summed E-state index contributed by atoms with van der Waals surface area (Å²) in [6.45, 7) is 20.5. The second-order valence-corrected chi connectivity index (χ2v) is 15.7. The van der Waals surface area contributed by atoms with Crippen molar-refractivity contribution < 1.29 is 0 Å². The predicted molar refractivity (Wildman–Crippen MR) is 217 cm³/mol. The highest BCUT2D eigenvalue weighted by Gasteiger charge is 2.36. The van der Waals surface area contributed by atoms with Gasteiger partial charge in [-0.3, -0.25) is 0 Å². The van der Waals surface area contributed by atoms with Crippen molar-refractivity contribution in [2.45, 2.75) is 32.1 Å². The smallest absolute Gasteiger partial charge is 0.0349 e. The molecule has 0 aliphatic heterocycles. The molecule has 4 aromatic carbocycles. The molecule has 6 aromatic rings. The maximum atomic E-state index is 3.93. The average Bonchev–Trinajstić information content (AvgIpc) is 3.88. The van der Waals surface area contributed by atoms with Crippen LogP contribution in [0.3, 0.4) is 0 Å². The fourth-order valence-electron chi connectivity index (χ4n) is 7.02. The molecule has 0 fully saturated rings. The average molecular weight is 671 g/mol. The zero-order valence-electron chi connectivity index (χ0n) is 28.4. The molecule has 0 amide bonds. The van der Waals surface area contributed by atoms with E-state index in [2.05, 4.69) is 149 Å². The summed E-state index contributed by atoms with van der Waals surface area (Å²) < 4.78 is 0. The molecule has 0 unspecified atom stereocenters. The molecule has 2 aromatic heterocycles. The van der Waals surface area contributed by atoms with Gasteiger partial charge in [0.05, 0.1) is 0 Å². The first-order valence-electron chi connectivity index (χ1n) is 17.0. The lowest BCUT2D eigenvalue weighted by molar-refractivity contribution is 0.661. The Morgan fingerprint density at radius 3 is 1.14 bits per heavy atom. The molecular weight excluding hydrogens is 629 g/mol. The summed E-state index contributed by atoms with van der Waals surface area (Å²) in [6.07, 6.45) is 9.74. The second kappa shape index (κ2) is 13.6. The van der Waals surface area contributed by atoms with E-state index in [-0.39, 0.29) is 5.41 Å². The Labute approximate surface area is 300 Å². The zero-order chi connectivity index (χ0) is 34.1. The van der Waals surface area contributed by atoms with Crippen LogP contribution in [-0.4, -0.2) is 0 Å². The third kappa shape index (κ3) is 6.39. The number of allylic oxidation sites excluding steroid dienone is 4. The summed E-state index contributed by atoms with van der Waals surface area (Å²) in [7, 11) is 0. The standard InChI is InChI=1S/C47H42S2/c1-7-31(8-2)27-33-11-15-35(16-12-33)43-23-25-45(48-43)37-19-21-39-40-22-20-38(30-42(40)47(5,6)41(39)29-37)46-26-24-44(49-46)36-17-13-34(14-18-36)28-32(9-3)10-4/h7-26,29-32H,1-4,27-28H2,5-6H3. The number of benzene rings is 4. The van der Waals surface area contributed by atoms with Gasteiger partial charge in [-0.25, -0.2) is 0 Å². The first-order chi connectivity index (χ1) is 23.8. The zero-order valence-corrected chi connectivity index (χ0v) is 30.0. The lowest BCUT2D eigenvalue weighted by atomic mass is 9.81. The molecule has 0 saturated carbocycles. The van der Waals surface area contributed by atoms with Gasteiger partial charge in [0.1, 0.15) is 0 Å². The first-order valence-corrected chi connectivity index (χ1v) is 18.6. The molecular formula is C47H42S2. The van der Waals surface area contributed by atoms with Crippen LogP contribution in [0.5, 0.6) is 0 Å². The number of hydrogen-bond acceptors (Lipinski definition) is 2. The van der Waals surface area contributed by atoms with Crippen LogP contribution in [0.4, 0.5) is 0 Å². The van der Waals surface area contributed by atoms with Crippen molar-refractivity contribution >= 4 is 22.7 Å². The molecule has 1 aliphatic carbocycles. The minimum atomic E-state index is -0.0913. The van der Waals surface area contributed by atoms with E-state index in [0.717, 1.165) is 12.8 Å². The van der Waals surface area contributed by atoms with Gasteiger partial charge >= 0.3 is 0 Å². The van der Waals surface area contributed by atoms with Crippen molar-refractivity contribution in [1.29, 1.82) is 0 Å². The van der Waals surface area contributed by atoms with E-state index in [1.807, 2.05) is 47.0 Å². The molecule has 0 bridgehead atoms. The van der Waals surface area contributed by atoms with Crippen LogP contribution in [0.2, 0.25) is 0 Å². The van der Waals surface area contributed by atoms with Crippen molar-refractivity contribution in [1.82, 2.24) is 0 Å². The number of thiophene rings is 2. The van der Waals surface area contributed by atoms with E-state index in [4.69, 9.17) is 0 Å². The summed E-state index contributed by atoms with van der Waals surface area (Å²) in [5.74, 6) is 0.606. The van der Waals surface area contributed by atoms with Crippen molar-refractivity contribution in [2.24, 2.45) is 11.8 Å². The summed E-state index contributed by atoms with van der Waals surface area (Å²) in [5.41, 5.74) is 13.1. The number of rotatable bonds is 12. The Kier molecular flexibility index (Phi) is 9.11. The van der Waals surface area contributed by atoms with Gasteiger partial charge in [0.25, 0.3) is 0 Å². The summed E-state index contributed by atoms with van der Waals surface area (Å²) in [5, 5.41) is 0. The molecule has 0 radical (unpaired) electrons. The Morgan fingerprint density at radius 2 is 0.796 bits per heavy atom. The van der Waals surface area contributed by atoms with Crippen molar-refractivity contribution in [3.63, 3.8) is 0 Å². The molecule has 0 saturated heterocycles. The Balaban J connectivity index is 1.11. The number of fused-ring (bicyclic) bond motifs is 3. The largest absolute Gasteiger partial charge is 0.135 e. The van der Waals surface area contributed by atoms with Crippen LogP contribution in [0, 0.1) is 11.8 Å². The van der Waals surface area contributed by atoms with E-state index < -0.39 is 0 Å². The molecule has 7 rings (SSSR count). The lowest BCUT2D eigenvalue weighted by Crippen LogP contribution is -2.15. The van der Waals surface area contributed by atoms with Gasteiger partial charge in [-0.15, -0.1) is 49.0 Å². The Hall–Kier alpha value is -4.76. The van der Waals surface area contributed by atoms with E-state index in [1.54, 1.807) is 0 Å². The predicted octanol–water partition coefficient (Wildman–Crippen LogP) is 13.8. The van der Waals surface area contributed by atoms with Crippen LogP contribution in [0.1, 0.15) is 36.1 Å². The maximum absolute atomic E-state index is 3.93. The van der Waals surface area contributed by atoms with E-state index in [9.17, 15) is 0 Å². The molecule has 2 heteroatoms. The molecule has 0 atom stereocenters. The van der Waals surface area contributed by atoms with E-state index in [0.29, 0.717) is 11.8 Å². The van der Waals surface area contributed by atoms with Gasteiger partial charge in [-0.1, -0.05) is 111 Å². The normalized spacial score (nSPS) is 12.9. The minimum Gasteiger partial charge on any atom is -0.135 e. The minimum absolute atomic E-state index is 0.0913. The second-order valence-electron chi connectivity index (χ2n) is 13.5. The van der Waals surface area contributed by atoms with Gasteiger partial charge in [0, 0.05) is 24.9 Å². The highest BCUT2D eigenvalue weighted by Crippen LogP contribution is 2.51. The van der Waals surface area contributed by atoms with Crippen LogP contribution >= 0.6 is 22.7 Å². The third-order valence-electron chi connectivity index (χ3n) is 10.1. The molecule has 49 heavy (non-hydrogen) atoms. The van der Waals surface area contributed by atoms with Gasteiger partial charge in [-0.05, 0) is 117 Å². The molecule has 242 valence electrons. The van der Waals surface area contributed by atoms with Crippen LogP contribution in [0.15, 0.2) is 160 Å². The van der Waals surface area contributed by atoms with E-state index >= 15 is 0 Å². The van der Waals surface area contributed by atoms with Crippen LogP contribution < -0.4 is 0 Å². The van der Waals surface area contributed by atoms with Gasteiger partial charge in [0.2, 0.25) is 0 Å². The van der Waals surface area contributed by atoms with E-state index in [1.165, 1.54) is 75.1 Å². The molecule has 1 aliphatic rings.